The summed E-state index contributed by atoms with van der Waals surface area (Å²) in [5.41, 5.74) is 0. The Morgan fingerprint density at radius 2 is 0.559 bits per heavy atom. The Balaban J connectivity index is 1.28. The Morgan fingerprint density at radius 1 is 0.314 bits per heavy atom. The molecular formula is C83H161NO18. The summed E-state index contributed by atoms with van der Waals surface area (Å²) in [4.78, 5) is 13.5. The number of aliphatic hydroxyl groups excluding tert-OH is 11. The normalized spacial score (nSPS) is 26.1. The zero-order valence-corrected chi connectivity index (χ0v) is 65.1. The van der Waals surface area contributed by atoms with E-state index in [1.807, 2.05) is 0 Å². The molecule has 3 saturated heterocycles. The summed E-state index contributed by atoms with van der Waals surface area (Å²) >= 11 is 0. The summed E-state index contributed by atoms with van der Waals surface area (Å²) < 4.78 is 34.5. The van der Waals surface area contributed by atoms with Crippen LogP contribution in [0.25, 0.3) is 0 Å². The molecule has 3 fully saturated rings. The van der Waals surface area contributed by atoms with Gasteiger partial charge in [0.2, 0.25) is 5.91 Å². The summed E-state index contributed by atoms with van der Waals surface area (Å²) in [6.45, 7) is 1.87. The molecule has 3 rings (SSSR count). The summed E-state index contributed by atoms with van der Waals surface area (Å²) in [6, 6.07) is -0.883. The Morgan fingerprint density at radius 3 is 0.853 bits per heavy atom. The third kappa shape index (κ3) is 43.8. The van der Waals surface area contributed by atoms with E-state index in [1.54, 1.807) is 0 Å². The Hall–Kier alpha value is -1.21. The molecule has 19 nitrogen and oxygen atoms in total. The zero-order chi connectivity index (χ0) is 73.9. The van der Waals surface area contributed by atoms with Gasteiger partial charge in [0, 0.05) is 6.42 Å². The van der Waals surface area contributed by atoms with Crippen molar-refractivity contribution in [2.45, 2.75) is 497 Å². The van der Waals surface area contributed by atoms with Crippen LogP contribution < -0.4 is 5.32 Å². The molecule has 17 unspecified atom stereocenters. The molecule has 0 spiro atoms. The van der Waals surface area contributed by atoms with Crippen LogP contribution >= 0.6 is 0 Å². The number of hydrogen-bond donors (Lipinski definition) is 12. The Labute approximate surface area is 621 Å². The first kappa shape index (κ1) is 95.0. The molecule has 17 atom stereocenters. The van der Waals surface area contributed by atoms with Gasteiger partial charge in [-0.2, -0.15) is 0 Å². The molecule has 0 aromatic rings. The third-order valence-corrected chi connectivity index (χ3v) is 22.2. The Kier molecular flexibility index (Phi) is 60.2. The molecule has 3 aliphatic heterocycles. The second-order valence-corrected chi connectivity index (χ2v) is 31.4. The maximum Gasteiger partial charge on any atom is 0.220 e. The van der Waals surface area contributed by atoms with Crippen LogP contribution in [-0.4, -0.2) is 193 Å². The predicted octanol–water partition coefficient (Wildman–Crippen LogP) is 15.4. The van der Waals surface area contributed by atoms with Gasteiger partial charge in [0.15, 0.2) is 18.9 Å². The summed E-state index contributed by atoms with van der Waals surface area (Å²) in [5, 5.41) is 121. The largest absolute Gasteiger partial charge is 0.394 e. The van der Waals surface area contributed by atoms with E-state index in [2.05, 4.69) is 19.2 Å². The van der Waals surface area contributed by atoms with Crippen molar-refractivity contribution < 1.29 is 89.4 Å². The van der Waals surface area contributed by atoms with E-state index in [9.17, 15) is 61.0 Å². The van der Waals surface area contributed by atoms with Crippen molar-refractivity contribution in [2.75, 3.05) is 26.4 Å². The highest BCUT2D eigenvalue weighted by molar-refractivity contribution is 5.76. The number of aliphatic hydroxyl groups is 11. The third-order valence-electron chi connectivity index (χ3n) is 22.2. The minimum Gasteiger partial charge on any atom is -0.394 e. The fourth-order valence-corrected chi connectivity index (χ4v) is 15.3. The van der Waals surface area contributed by atoms with Crippen LogP contribution in [0.2, 0.25) is 0 Å². The van der Waals surface area contributed by atoms with Crippen molar-refractivity contribution in [3.8, 4) is 0 Å². The zero-order valence-electron chi connectivity index (χ0n) is 65.1. The van der Waals surface area contributed by atoms with Gasteiger partial charge in [-0.15, -0.1) is 0 Å². The number of rotatable bonds is 71. The molecule has 0 aromatic heterocycles. The van der Waals surface area contributed by atoms with Crippen molar-refractivity contribution >= 4 is 5.91 Å². The number of amides is 1. The number of carbonyl (C=O) groups is 1. The SMILES string of the molecule is CCCCCCCCCCCCCCCCCCCCCCCCCCCCCCCCCCCCCCCCCC(=O)NC(COC1OC(CO)C(OC2OC(CO)C(OC3OC(CO)C(O)C(O)C3O)C(O)C2O)C(O)C1O)C(O)CCCCCCCCCCCCCCCCCCCC. The van der Waals surface area contributed by atoms with Crippen LogP contribution in [0.4, 0.5) is 0 Å². The van der Waals surface area contributed by atoms with Crippen LogP contribution in [-0.2, 0) is 33.2 Å². The van der Waals surface area contributed by atoms with Gasteiger partial charge in [-0.3, -0.25) is 4.79 Å². The van der Waals surface area contributed by atoms with Crippen LogP contribution in [0.3, 0.4) is 0 Å². The van der Waals surface area contributed by atoms with E-state index in [-0.39, 0.29) is 18.9 Å². The van der Waals surface area contributed by atoms with Crippen molar-refractivity contribution in [1.29, 1.82) is 0 Å². The minimum atomic E-state index is -1.97. The topological polar surface area (TPSA) is 307 Å². The summed E-state index contributed by atoms with van der Waals surface area (Å²) in [6.07, 6.45) is 49.5. The highest BCUT2D eigenvalue weighted by atomic mass is 16.8. The van der Waals surface area contributed by atoms with E-state index in [4.69, 9.17) is 28.4 Å². The first-order valence-electron chi connectivity index (χ1n) is 43.3. The van der Waals surface area contributed by atoms with Gasteiger partial charge in [-0.1, -0.05) is 373 Å². The molecule has 606 valence electrons. The summed E-state index contributed by atoms with van der Waals surface area (Å²) in [5.74, 6) is -0.232. The first-order chi connectivity index (χ1) is 49.8. The number of hydrogen-bond acceptors (Lipinski definition) is 18. The molecule has 0 radical (unpaired) electrons. The van der Waals surface area contributed by atoms with Gasteiger partial charge in [-0.05, 0) is 12.8 Å². The smallest absolute Gasteiger partial charge is 0.220 e. The van der Waals surface area contributed by atoms with Crippen LogP contribution in [0.1, 0.15) is 393 Å². The van der Waals surface area contributed by atoms with E-state index >= 15 is 0 Å². The second kappa shape index (κ2) is 64.6. The average molecular weight is 1460 g/mol. The van der Waals surface area contributed by atoms with E-state index < -0.39 is 124 Å². The van der Waals surface area contributed by atoms with Crippen molar-refractivity contribution in [2.24, 2.45) is 0 Å². The molecule has 0 aromatic carbocycles. The van der Waals surface area contributed by atoms with Crippen LogP contribution in [0.5, 0.6) is 0 Å². The lowest BCUT2D eigenvalue weighted by Crippen LogP contribution is -2.66. The molecular weight excluding hydrogens is 1300 g/mol. The van der Waals surface area contributed by atoms with Crippen molar-refractivity contribution in [3.05, 3.63) is 0 Å². The minimum absolute atomic E-state index is 0.232. The lowest BCUT2D eigenvalue weighted by molar-refractivity contribution is -0.379. The highest BCUT2D eigenvalue weighted by Gasteiger charge is 2.54. The maximum absolute atomic E-state index is 13.5. The molecule has 12 N–H and O–H groups in total. The Bertz CT molecular complexity index is 1840. The molecule has 3 heterocycles. The van der Waals surface area contributed by atoms with Crippen molar-refractivity contribution in [1.82, 2.24) is 5.32 Å². The van der Waals surface area contributed by atoms with E-state index in [1.165, 1.54) is 315 Å². The number of unbranched alkanes of at least 4 members (excludes halogenated alkanes) is 55. The molecule has 19 heteroatoms. The van der Waals surface area contributed by atoms with Crippen LogP contribution in [0.15, 0.2) is 0 Å². The standard InChI is InChI=1S/C83H161NO18/c1-3-5-7-9-11-13-15-17-19-21-23-24-25-26-27-28-29-30-31-32-33-34-35-36-37-38-39-40-41-42-43-45-47-49-51-53-55-57-59-61-71(89)84-66(67(88)60-58-56-54-52-50-48-46-44-22-20-18-16-14-12-10-8-6-4-2)65-97-81-77(95)74(92)79(69(63-86)99-81)102-83-78(96)75(93)80(70(64-87)100-83)101-82-76(94)73(91)72(90)68(62-85)98-82/h66-70,72-83,85-88,90-96H,3-65H2,1-2H3,(H,84,89). The maximum atomic E-state index is 13.5. The fourth-order valence-electron chi connectivity index (χ4n) is 15.3. The van der Waals surface area contributed by atoms with Gasteiger partial charge in [0.05, 0.1) is 38.6 Å². The number of ether oxygens (including phenoxy) is 6. The van der Waals surface area contributed by atoms with E-state index in [0.717, 1.165) is 44.9 Å². The highest BCUT2D eigenvalue weighted by Crippen LogP contribution is 2.34. The molecule has 0 bridgehead atoms. The molecule has 102 heavy (non-hydrogen) atoms. The van der Waals surface area contributed by atoms with Gasteiger partial charge in [0.1, 0.15) is 73.2 Å². The van der Waals surface area contributed by atoms with Gasteiger partial charge >= 0.3 is 0 Å². The van der Waals surface area contributed by atoms with E-state index in [0.29, 0.717) is 12.8 Å². The first-order valence-corrected chi connectivity index (χ1v) is 43.3. The quantitative estimate of drug-likeness (QED) is 0.0252. The fraction of sp³-hybridized carbons (Fsp3) is 0.988. The lowest BCUT2D eigenvalue weighted by atomic mass is 9.96. The number of nitrogens with one attached hydrogen (secondary N) is 1. The summed E-state index contributed by atoms with van der Waals surface area (Å²) in [7, 11) is 0. The second-order valence-electron chi connectivity index (χ2n) is 31.4. The van der Waals surface area contributed by atoms with Crippen molar-refractivity contribution in [3.63, 3.8) is 0 Å². The molecule has 0 aliphatic carbocycles. The van der Waals surface area contributed by atoms with Crippen LogP contribution in [0, 0.1) is 0 Å². The van der Waals surface area contributed by atoms with Gasteiger partial charge in [-0.25, -0.2) is 0 Å². The average Bonchev–Trinajstić information content (AvgIpc) is 0.781. The van der Waals surface area contributed by atoms with Gasteiger partial charge in [0.25, 0.3) is 0 Å². The molecule has 1 amide bonds. The predicted molar refractivity (Wildman–Crippen MR) is 407 cm³/mol. The monoisotopic (exact) mass is 1460 g/mol. The number of carbonyl (C=O) groups excluding carboxylic acids is 1. The van der Waals surface area contributed by atoms with Gasteiger partial charge < -0.3 is 89.9 Å². The molecule has 3 aliphatic rings. The molecule has 0 saturated carbocycles. The lowest BCUT2D eigenvalue weighted by Gasteiger charge is -2.48.